The molecule has 1 rings (SSSR count). The first-order valence-corrected chi connectivity index (χ1v) is 6.61. The zero-order valence-electron chi connectivity index (χ0n) is 9.85. The maximum atomic E-state index is 12.3. The van der Waals surface area contributed by atoms with Gasteiger partial charge in [0.1, 0.15) is 0 Å². The topological polar surface area (TPSA) is 40.5 Å². The highest BCUT2D eigenvalue weighted by molar-refractivity contribution is 9.10. The number of amides is 1. The van der Waals surface area contributed by atoms with Gasteiger partial charge < -0.3 is 10.0 Å². The third-order valence-corrected chi connectivity index (χ3v) is 3.28. The van der Waals surface area contributed by atoms with Crippen molar-refractivity contribution in [2.75, 3.05) is 13.2 Å². The first-order valence-electron chi connectivity index (χ1n) is 5.37. The molecule has 0 aliphatic carbocycles. The minimum atomic E-state index is -0.105. The van der Waals surface area contributed by atoms with E-state index in [-0.39, 0.29) is 18.6 Å². The molecule has 0 aliphatic rings. The van der Waals surface area contributed by atoms with Crippen molar-refractivity contribution in [2.24, 2.45) is 0 Å². The predicted molar refractivity (Wildman–Crippen MR) is 74.7 cm³/mol. The van der Waals surface area contributed by atoms with Crippen LogP contribution in [0.1, 0.15) is 24.2 Å². The van der Waals surface area contributed by atoms with Gasteiger partial charge in [0.05, 0.1) is 12.2 Å². The highest BCUT2D eigenvalue weighted by Crippen LogP contribution is 2.21. The van der Waals surface area contributed by atoms with Crippen molar-refractivity contribution < 1.29 is 9.90 Å². The third kappa shape index (κ3) is 3.72. The van der Waals surface area contributed by atoms with Crippen LogP contribution in [0.5, 0.6) is 0 Å². The highest BCUT2D eigenvalue weighted by Gasteiger charge is 2.19. The average molecular weight is 318 g/mol. The fourth-order valence-electron chi connectivity index (χ4n) is 1.54. The summed E-state index contributed by atoms with van der Waals surface area (Å²) in [6, 6.07) is 5.38. The van der Waals surface area contributed by atoms with E-state index >= 15 is 0 Å². The average Bonchev–Trinajstić information content (AvgIpc) is 2.24. The molecule has 17 heavy (non-hydrogen) atoms. The number of thiol groups is 1. The highest BCUT2D eigenvalue weighted by atomic mass is 79.9. The number of nitrogens with zero attached hydrogens (tertiary/aromatic N) is 1. The summed E-state index contributed by atoms with van der Waals surface area (Å²) in [5.74, 6) is -0.105. The van der Waals surface area contributed by atoms with Crippen molar-refractivity contribution in [1.29, 1.82) is 0 Å². The summed E-state index contributed by atoms with van der Waals surface area (Å²) in [7, 11) is 0. The van der Waals surface area contributed by atoms with Crippen molar-refractivity contribution >= 4 is 34.5 Å². The molecule has 0 fully saturated rings. The van der Waals surface area contributed by atoms with E-state index in [9.17, 15) is 4.79 Å². The van der Waals surface area contributed by atoms with Gasteiger partial charge in [0.15, 0.2) is 0 Å². The molecule has 0 radical (unpaired) electrons. The van der Waals surface area contributed by atoms with Crippen LogP contribution < -0.4 is 0 Å². The molecule has 5 heteroatoms. The summed E-state index contributed by atoms with van der Waals surface area (Å²) < 4.78 is 0.886. The normalized spacial score (nSPS) is 10.7. The third-order valence-electron chi connectivity index (χ3n) is 2.42. The second-order valence-electron chi connectivity index (χ2n) is 3.98. The molecular formula is C12H16BrNO2S. The van der Waals surface area contributed by atoms with Crippen molar-refractivity contribution in [1.82, 2.24) is 4.90 Å². The summed E-state index contributed by atoms with van der Waals surface area (Å²) in [6.45, 7) is 4.14. The van der Waals surface area contributed by atoms with Crippen LogP contribution in [-0.4, -0.2) is 35.1 Å². The smallest absolute Gasteiger partial charge is 0.255 e. The molecule has 94 valence electrons. The number of aliphatic hydroxyl groups is 1. The molecule has 0 aliphatic heterocycles. The van der Waals surface area contributed by atoms with E-state index in [1.807, 2.05) is 19.9 Å². The molecule has 0 saturated carbocycles. The Balaban J connectivity index is 3.01. The van der Waals surface area contributed by atoms with Crippen molar-refractivity contribution in [2.45, 2.75) is 24.8 Å². The Labute approximate surface area is 115 Å². The summed E-state index contributed by atoms with van der Waals surface area (Å²) in [5, 5.41) is 8.97. The Hall–Kier alpha value is -0.520. The van der Waals surface area contributed by atoms with Gasteiger partial charge in [0.2, 0.25) is 0 Å². The van der Waals surface area contributed by atoms with Crippen LogP contribution >= 0.6 is 28.6 Å². The van der Waals surface area contributed by atoms with Gasteiger partial charge in [-0.15, -0.1) is 12.6 Å². The lowest BCUT2D eigenvalue weighted by Crippen LogP contribution is -2.39. The number of hydrogen-bond donors (Lipinski definition) is 2. The van der Waals surface area contributed by atoms with Gasteiger partial charge in [0, 0.05) is 22.0 Å². The van der Waals surface area contributed by atoms with E-state index in [0.717, 1.165) is 4.47 Å². The van der Waals surface area contributed by atoms with Crippen molar-refractivity contribution in [3.63, 3.8) is 0 Å². The SMILES string of the molecule is CC(C)N(CCO)C(=O)c1ccc(Br)cc1S. The maximum absolute atomic E-state index is 12.3. The lowest BCUT2D eigenvalue weighted by molar-refractivity contribution is 0.0662. The predicted octanol–water partition coefficient (Wildman–Crippen LogP) is 2.58. The Bertz CT molecular complexity index is 409. The van der Waals surface area contributed by atoms with E-state index < -0.39 is 0 Å². The van der Waals surface area contributed by atoms with Gasteiger partial charge in [-0.1, -0.05) is 15.9 Å². The van der Waals surface area contributed by atoms with Crippen LogP contribution in [0, 0.1) is 0 Å². The minimum Gasteiger partial charge on any atom is -0.395 e. The molecule has 0 heterocycles. The van der Waals surface area contributed by atoms with E-state index in [4.69, 9.17) is 5.11 Å². The van der Waals surface area contributed by atoms with Crippen LogP contribution in [0.4, 0.5) is 0 Å². The fourth-order valence-corrected chi connectivity index (χ4v) is 2.39. The molecule has 3 nitrogen and oxygen atoms in total. The van der Waals surface area contributed by atoms with Crippen LogP contribution in [0.15, 0.2) is 27.6 Å². The first-order chi connectivity index (χ1) is 7.97. The number of hydrogen-bond acceptors (Lipinski definition) is 3. The Morgan fingerprint density at radius 3 is 2.65 bits per heavy atom. The monoisotopic (exact) mass is 317 g/mol. The van der Waals surface area contributed by atoms with Crippen LogP contribution in [0.2, 0.25) is 0 Å². The molecular weight excluding hydrogens is 302 g/mol. The number of carbonyl (C=O) groups is 1. The molecule has 0 saturated heterocycles. The number of halogens is 1. The molecule has 0 atom stereocenters. The number of benzene rings is 1. The Morgan fingerprint density at radius 1 is 1.53 bits per heavy atom. The number of aliphatic hydroxyl groups excluding tert-OH is 1. The maximum Gasteiger partial charge on any atom is 0.255 e. The van der Waals surface area contributed by atoms with Crippen molar-refractivity contribution in [3.8, 4) is 0 Å². The van der Waals surface area contributed by atoms with Crippen LogP contribution in [0.25, 0.3) is 0 Å². The van der Waals surface area contributed by atoms with Gasteiger partial charge >= 0.3 is 0 Å². The van der Waals surface area contributed by atoms with E-state index in [1.165, 1.54) is 0 Å². The van der Waals surface area contributed by atoms with Gasteiger partial charge in [-0.2, -0.15) is 0 Å². The van der Waals surface area contributed by atoms with Gasteiger partial charge in [-0.3, -0.25) is 4.79 Å². The number of carbonyl (C=O) groups excluding carboxylic acids is 1. The second-order valence-corrected chi connectivity index (χ2v) is 5.37. The standard InChI is InChI=1S/C12H16BrNO2S/c1-8(2)14(5-6-15)12(16)10-4-3-9(13)7-11(10)17/h3-4,7-8,15,17H,5-6H2,1-2H3. The molecule has 0 aromatic heterocycles. The fraction of sp³-hybridized carbons (Fsp3) is 0.417. The minimum absolute atomic E-state index is 0.0393. The Kier molecular flexibility index (Phi) is 5.49. The van der Waals surface area contributed by atoms with Crippen LogP contribution in [0.3, 0.4) is 0 Å². The summed E-state index contributed by atoms with van der Waals surface area (Å²) >= 11 is 7.63. The summed E-state index contributed by atoms with van der Waals surface area (Å²) in [4.78, 5) is 14.5. The first kappa shape index (κ1) is 14.5. The zero-order valence-corrected chi connectivity index (χ0v) is 12.3. The van der Waals surface area contributed by atoms with Crippen molar-refractivity contribution in [3.05, 3.63) is 28.2 Å². The zero-order chi connectivity index (χ0) is 13.0. The lowest BCUT2D eigenvalue weighted by Gasteiger charge is -2.26. The van der Waals surface area contributed by atoms with Gasteiger partial charge in [-0.25, -0.2) is 0 Å². The second kappa shape index (κ2) is 6.42. The molecule has 0 unspecified atom stereocenters. The van der Waals surface area contributed by atoms with E-state index in [2.05, 4.69) is 28.6 Å². The van der Waals surface area contributed by atoms with E-state index in [1.54, 1.807) is 17.0 Å². The molecule has 1 amide bonds. The quantitative estimate of drug-likeness (QED) is 0.838. The molecule has 1 N–H and O–H groups in total. The Morgan fingerprint density at radius 2 is 2.18 bits per heavy atom. The molecule has 1 aromatic rings. The van der Waals surface area contributed by atoms with Gasteiger partial charge in [0.25, 0.3) is 5.91 Å². The molecule has 1 aromatic carbocycles. The number of rotatable bonds is 4. The van der Waals surface area contributed by atoms with Gasteiger partial charge in [-0.05, 0) is 32.0 Å². The van der Waals surface area contributed by atoms with E-state index in [0.29, 0.717) is 17.0 Å². The summed E-state index contributed by atoms with van der Waals surface area (Å²) in [5.41, 5.74) is 0.554. The molecule has 0 spiro atoms. The largest absolute Gasteiger partial charge is 0.395 e. The summed E-state index contributed by atoms with van der Waals surface area (Å²) in [6.07, 6.45) is 0. The molecule has 0 bridgehead atoms. The van der Waals surface area contributed by atoms with Crippen LogP contribution in [-0.2, 0) is 0 Å². The lowest BCUT2D eigenvalue weighted by atomic mass is 10.1.